The van der Waals surface area contributed by atoms with Gasteiger partial charge in [-0.05, 0) is 42.3 Å². The summed E-state index contributed by atoms with van der Waals surface area (Å²) < 4.78 is 13.0. The zero-order chi connectivity index (χ0) is 13.1. The molecule has 0 aromatic heterocycles. The highest BCUT2D eigenvalue weighted by Gasteiger charge is 2.03. The summed E-state index contributed by atoms with van der Waals surface area (Å²) in [5.41, 5.74) is 2.86. The van der Waals surface area contributed by atoms with Crippen LogP contribution in [0, 0.1) is 12.7 Å². The average Bonchev–Trinajstić information content (AvgIpc) is 2.32. The normalized spacial score (nSPS) is 10.4. The molecular weight excluding hydrogens is 272 g/mol. The minimum atomic E-state index is -0.409. The van der Waals surface area contributed by atoms with Crippen molar-refractivity contribution in [1.82, 2.24) is 0 Å². The summed E-state index contributed by atoms with van der Waals surface area (Å²) in [5, 5.41) is 3.99. The number of anilines is 1. The predicted molar refractivity (Wildman–Crippen MR) is 74.9 cm³/mol. The van der Waals surface area contributed by atoms with Crippen LogP contribution in [-0.4, -0.2) is 0 Å². The molecule has 18 heavy (non-hydrogen) atoms. The van der Waals surface area contributed by atoms with E-state index < -0.39 is 5.82 Å². The summed E-state index contributed by atoms with van der Waals surface area (Å²) in [6.07, 6.45) is 0. The van der Waals surface area contributed by atoms with Crippen molar-refractivity contribution in [3.8, 4) is 0 Å². The Morgan fingerprint density at radius 1 is 1.06 bits per heavy atom. The SMILES string of the molecule is Cc1ccc(NCc2ccc(F)c(Cl)c2)c(Cl)c1. The molecule has 1 N–H and O–H groups in total. The topological polar surface area (TPSA) is 12.0 Å². The molecule has 2 aromatic carbocycles. The highest BCUT2D eigenvalue weighted by atomic mass is 35.5. The fraction of sp³-hybridized carbons (Fsp3) is 0.143. The number of halogens is 3. The Hall–Kier alpha value is -1.25. The molecule has 0 atom stereocenters. The third-order valence-corrected chi connectivity index (χ3v) is 3.19. The van der Waals surface area contributed by atoms with Gasteiger partial charge >= 0.3 is 0 Å². The maximum Gasteiger partial charge on any atom is 0.141 e. The Labute approximate surface area is 116 Å². The van der Waals surface area contributed by atoms with Crippen molar-refractivity contribution in [2.24, 2.45) is 0 Å². The molecule has 0 aliphatic carbocycles. The van der Waals surface area contributed by atoms with Gasteiger partial charge in [0, 0.05) is 6.54 Å². The van der Waals surface area contributed by atoms with E-state index in [9.17, 15) is 4.39 Å². The molecule has 2 rings (SSSR count). The number of benzene rings is 2. The molecule has 2 aromatic rings. The van der Waals surface area contributed by atoms with Gasteiger partial charge in [0.15, 0.2) is 0 Å². The molecule has 0 radical (unpaired) electrons. The van der Waals surface area contributed by atoms with E-state index in [1.54, 1.807) is 12.1 Å². The lowest BCUT2D eigenvalue weighted by Gasteiger charge is -2.09. The van der Waals surface area contributed by atoms with Crippen molar-refractivity contribution < 1.29 is 4.39 Å². The molecule has 1 nitrogen and oxygen atoms in total. The van der Waals surface area contributed by atoms with E-state index in [1.165, 1.54) is 6.07 Å². The van der Waals surface area contributed by atoms with E-state index in [0.717, 1.165) is 16.8 Å². The molecule has 94 valence electrons. The maximum atomic E-state index is 13.0. The quantitative estimate of drug-likeness (QED) is 0.831. The van der Waals surface area contributed by atoms with Crippen LogP contribution in [0.25, 0.3) is 0 Å². The van der Waals surface area contributed by atoms with Crippen LogP contribution in [-0.2, 0) is 6.54 Å². The van der Waals surface area contributed by atoms with Crippen LogP contribution >= 0.6 is 23.2 Å². The van der Waals surface area contributed by atoms with E-state index in [2.05, 4.69) is 5.32 Å². The summed E-state index contributed by atoms with van der Waals surface area (Å²) in [4.78, 5) is 0. The van der Waals surface area contributed by atoms with E-state index in [4.69, 9.17) is 23.2 Å². The van der Waals surface area contributed by atoms with Crippen LogP contribution < -0.4 is 5.32 Å². The summed E-state index contributed by atoms with van der Waals surface area (Å²) in [5.74, 6) is -0.409. The van der Waals surface area contributed by atoms with Gasteiger partial charge in [0.2, 0.25) is 0 Å². The average molecular weight is 284 g/mol. The van der Waals surface area contributed by atoms with Crippen molar-refractivity contribution in [3.05, 3.63) is 63.4 Å². The number of nitrogens with one attached hydrogen (secondary N) is 1. The zero-order valence-corrected chi connectivity index (χ0v) is 11.3. The lowest BCUT2D eigenvalue weighted by atomic mass is 10.2. The lowest BCUT2D eigenvalue weighted by Crippen LogP contribution is -2.00. The van der Waals surface area contributed by atoms with Crippen molar-refractivity contribution >= 4 is 28.9 Å². The Bertz CT molecular complexity index is 570. The Morgan fingerprint density at radius 2 is 1.83 bits per heavy atom. The second kappa shape index (κ2) is 5.59. The van der Waals surface area contributed by atoms with Gasteiger partial charge in [0.05, 0.1) is 15.7 Å². The fourth-order valence-corrected chi connectivity index (χ4v) is 2.12. The smallest absolute Gasteiger partial charge is 0.141 e. The Balaban J connectivity index is 2.09. The largest absolute Gasteiger partial charge is 0.380 e. The summed E-state index contributed by atoms with van der Waals surface area (Å²) in [6, 6.07) is 10.4. The highest BCUT2D eigenvalue weighted by Crippen LogP contribution is 2.24. The van der Waals surface area contributed by atoms with Crippen LogP contribution in [0.2, 0.25) is 10.0 Å². The molecule has 0 saturated carbocycles. The summed E-state index contributed by atoms with van der Waals surface area (Å²) in [7, 11) is 0. The second-order valence-corrected chi connectivity index (χ2v) is 4.90. The van der Waals surface area contributed by atoms with Crippen molar-refractivity contribution in [2.45, 2.75) is 13.5 Å². The minimum Gasteiger partial charge on any atom is -0.380 e. The molecule has 0 heterocycles. The molecule has 0 aliphatic rings. The van der Waals surface area contributed by atoms with E-state index >= 15 is 0 Å². The number of hydrogen-bond donors (Lipinski definition) is 1. The maximum absolute atomic E-state index is 13.0. The summed E-state index contributed by atoms with van der Waals surface area (Å²) in [6.45, 7) is 2.53. The monoisotopic (exact) mass is 283 g/mol. The number of hydrogen-bond acceptors (Lipinski definition) is 1. The first-order chi connectivity index (χ1) is 8.56. The predicted octanol–water partition coefficient (Wildman–Crippen LogP) is 5.05. The molecular formula is C14H12Cl2FN. The van der Waals surface area contributed by atoms with Gasteiger partial charge in [-0.25, -0.2) is 4.39 Å². The molecule has 0 fully saturated rings. The van der Waals surface area contributed by atoms with Gasteiger partial charge in [-0.2, -0.15) is 0 Å². The van der Waals surface area contributed by atoms with Crippen LogP contribution in [0.3, 0.4) is 0 Å². The molecule has 0 aliphatic heterocycles. The second-order valence-electron chi connectivity index (χ2n) is 4.09. The summed E-state index contributed by atoms with van der Waals surface area (Å²) >= 11 is 11.8. The minimum absolute atomic E-state index is 0.129. The van der Waals surface area contributed by atoms with Gasteiger partial charge in [-0.15, -0.1) is 0 Å². The first kappa shape index (κ1) is 13.2. The zero-order valence-electron chi connectivity index (χ0n) is 9.81. The van der Waals surface area contributed by atoms with E-state index in [1.807, 2.05) is 25.1 Å². The Morgan fingerprint density at radius 3 is 2.50 bits per heavy atom. The molecule has 0 spiro atoms. The number of aryl methyl sites for hydroxylation is 1. The molecule has 4 heteroatoms. The first-order valence-electron chi connectivity index (χ1n) is 5.50. The Kier molecular flexibility index (Phi) is 4.10. The van der Waals surface area contributed by atoms with Crippen LogP contribution in [0.4, 0.5) is 10.1 Å². The van der Waals surface area contributed by atoms with Crippen molar-refractivity contribution in [3.63, 3.8) is 0 Å². The van der Waals surface area contributed by atoms with E-state index in [-0.39, 0.29) is 5.02 Å². The standard InChI is InChI=1S/C14H12Cl2FN/c1-9-2-5-14(12(16)6-9)18-8-10-3-4-13(17)11(15)7-10/h2-7,18H,8H2,1H3. The van der Waals surface area contributed by atoms with Gasteiger partial charge in [0.1, 0.15) is 5.82 Å². The molecule has 0 bridgehead atoms. The fourth-order valence-electron chi connectivity index (χ4n) is 1.61. The van der Waals surface area contributed by atoms with Gasteiger partial charge in [-0.1, -0.05) is 35.3 Å². The molecule has 0 saturated heterocycles. The van der Waals surface area contributed by atoms with Gasteiger partial charge in [-0.3, -0.25) is 0 Å². The highest BCUT2D eigenvalue weighted by molar-refractivity contribution is 6.33. The molecule has 0 amide bonds. The van der Waals surface area contributed by atoms with Gasteiger partial charge in [0.25, 0.3) is 0 Å². The third-order valence-electron chi connectivity index (χ3n) is 2.59. The van der Waals surface area contributed by atoms with Gasteiger partial charge < -0.3 is 5.32 Å². The molecule has 0 unspecified atom stereocenters. The van der Waals surface area contributed by atoms with E-state index in [0.29, 0.717) is 11.6 Å². The third kappa shape index (κ3) is 3.15. The van der Waals surface area contributed by atoms with Crippen LogP contribution in [0.5, 0.6) is 0 Å². The lowest BCUT2D eigenvalue weighted by molar-refractivity contribution is 0.627. The van der Waals surface area contributed by atoms with Crippen LogP contribution in [0.15, 0.2) is 36.4 Å². The van der Waals surface area contributed by atoms with Crippen molar-refractivity contribution in [1.29, 1.82) is 0 Å². The van der Waals surface area contributed by atoms with Crippen LogP contribution in [0.1, 0.15) is 11.1 Å². The first-order valence-corrected chi connectivity index (χ1v) is 6.26. The number of rotatable bonds is 3. The van der Waals surface area contributed by atoms with Crippen molar-refractivity contribution in [2.75, 3.05) is 5.32 Å².